The van der Waals surface area contributed by atoms with Crippen molar-refractivity contribution in [1.29, 1.82) is 0 Å². The van der Waals surface area contributed by atoms with E-state index in [-0.39, 0.29) is 12.3 Å². The fraction of sp³-hybridized carbons (Fsp3) is 0.0625. The smallest absolute Gasteiger partial charge is 0.232 e. The van der Waals surface area contributed by atoms with Gasteiger partial charge in [-0.3, -0.25) is 4.79 Å². The number of hydrogen-bond acceptors (Lipinski definition) is 9. The zero-order valence-electron chi connectivity index (χ0n) is 13.2. The predicted octanol–water partition coefficient (Wildman–Crippen LogP) is 3.57. The molecule has 4 aromatic rings. The van der Waals surface area contributed by atoms with E-state index in [9.17, 15) is 4.79 Å². The first-order chi connectivity index (χ1) is 12.8. The summed E-state index contributed by atoms with van der Waals surface area (Å²) in [6, 6.07) is 5.35. The highest BCUT2D eigenvalue weighted by Gasteiger charge is 2.12. The first-order valence-corrected chi connectivity index (χ1v) is 9.30. The third-order valence-electron chi connectivity index (χ3n) is 3.20. The molecule has 0 fully saturated rings. The van der Waals surface area contributed by atoms with E-state index in [4.69, 9.17) is 4.42 Å². The van der Waals surface area contributed by atoms with E-state index in [0.717, 1.165) is 0 Å². The second-order valence-electron chi connectivity index (χ2n) is 5.08. The molecule has 0 spiro atoms. The van der Waals surface area contributed by atoms with Crippen LogP contribution in [0.1, 0.15) is 5.69 Å². The molecule has 0 aromatic carbocycles. The minimum absolute atomic E-state index is 0.156. The molecule has 4 heterocycles. The summed E-state index contributed by atoms with van der Waals surface area (Å²) in [7, 11) is 0. The minimum atomic E-state index is -0.182. The van der Waals surface area contributed by atoms with Crippen LogP contribution in [0.15, 0.2) is 52.0 Å². The Morgan fingerprint density at radius 1 is 1.08 bits per heavy atom. The number of nitrogens with one attached hydrogen (secondary N) is 2. The van der Waals surface area contributed by atoms with Crippen molar-refractivity contribution in [2.75, 3.05) is 10.6 Å². The Hall–Kier alpha value is -3.11. The molecule has 0 aliphatic rings. The summed E-state index contributed by atoms with van der Waals surface area (Å²) in [5.41, 5.74) is 1.35. The predicted molar refractivity (Wildman–Crippen MR) is 99.6 cm³/mol. The van der Waals surface area contributed by atoms with Gasteiger partial charge in [0.1, 0.15) is 5.69 Å². The lowest BCUT2D eigenvalue weighted by atomic mass is 10.3. The zero-order chi connectivity index (χ0) is 17.8. The van der Waals surface area contributed by atoms with Crippen molar-refractivity contribution >= 4 is 44.8 Å². The van der Waals surface area contributed by atoms with Crippen LogP contribution in [0.25, 0.3) is 11.5 Å². The Morgan fingerprint density at radius 2 is 1.92 bits per heavy atom. The molecular weight excluding hydrogens is 372 g/mol. The molecule has 1 amide bonds. The largest absolute Gasteiger partial charge is 0.463 e. The van der Waals surface area contributed by atoms with Gasteiger partial charge in [0.25, 0.3) is 0 Å². The van der Waals surface area contributed by atoms with Crippen molar-refractivity contribution in [3.05, 3.63) is 53.3 Å². The van der Waals surface area contributed by atoms with E-state index >= 15 is 0 Å². The SMILES string of the molecule is O=C(Cc1csc(Nc2ncccn2)n1)Nc1nc(-c2ccco2)cs1. The molecule has 0 aliphatic heterocycles. The molecule has 0 aliphatic carbocycles. The minimum Gasteiger partial charge on any atom is -0.463 e. The van der Waals surface area contributed by atoms with Crippen LogP contribution in [-0.2, 0) is 11.2 Å². The Balaban J connectivity index is 1.35. The standard InChI is InChI=1S/C16H12N6O2S2/c23-13(21-16-20-11(9-26-16)12-3-1-6-24-12)7-10-8-25-15(19-10)22-14-17-4-2-5-18-14/h1-6,8-9H,7H2,(H,20,21,23)(H,17,18,19,22). The summed E-state index contributed by atoms with van der Waals surface area (Å²) in [4.78, 5) is 29.1. The number of aromatic nitrogens is 4. The van der Waals surface area contributed by atoms with Crippen molar-refractivity contribution < 1.29 is 9.21 Å². The van der Waals surface area contributed by atoms with E-state index in [0.29, 0.717) is 33.4 Å². The highest BCUT2D eigenvalue weighted by molar-refractivity contribution is 7.14. The van der Waals surface area contributed by atoms with Crippen molar-refractivity contribution in [1.82, 2.24) is 19.9 Å². The molecule has 0 bridgehead atoms. The number of carbonyl (C=O) groups excluding carboxylic acids is 1. The van der Waals surface area contributed by atoms with Gasteiger partial charge in [0.15, 0.2) is 16.0 Å². The van der Waals surface area contributed by atoms with Crippen LogP contribution in [0, 0.1) is 0 Å². The monoisotopic (exact) mass is 384 g/mol. The van der Waals surface area contributed by atoms with Gasteiger partial charge in [0.2, 0.25) is 11.9 Å². The van der Waals surface area contributed by atoms with E-state index < -0.39 is 0 Å². The molecule has 0 unspecified atom stereocenters. The number of hydrogen-bond donors (Lipinski definition) is 2. The van der Waals surface area contributed by atoms with Crippen LogP contribution in [0.3, 0.4) is 0 Å². The van der Waals surface area contributed by atoms with Crippen molar-refractivity contribution in [2.24, 2.45) is 0 Å². The summed E-state index contributed by atoms with van der Waals surface area (Å²) in [5.74, 6) is 0.948. The summed E-state index contributed by atoms with van der Waals surface area (Å²) < 4.78 is 5.29. The number of anilines is 3. The quantitative estimate of drug-likeness (QED) is 0.523. The molecule has 26 heavy (non-hydrogen) atoms. The lowest BCUT2D eigenvalue weighted by Crippen LogP contribution is -2.14. The summed E-state index contributed by atoms with van der Waals surface area (Å²) in [6.45, 7) is 0. The molecule has 130 valence electrons. The molecule has 4 aromatic heterocycles. The molecule has 8 nitrogen and oxygen atoms in total. The van der Waals surface area contributed by atoms with E-state index in [1.807, 2.05) is 16.8 Å². The topological polar surface area (TPSA) is 106 Å². The number of nitrogens with zero attached hydrogens (tertiary/aromatic N) is 4. The Labute approximate surface area is 156 Å². The van der Waals surface area contributed by atoms with Crippen LogP contribution in [0.2, 0.25) is 0 Å². The first-order valence-electron chi connectivity index (χ1n) is 7.54. The lowest BCUT2D eigenvalue weighted by Gasteiger charge is -2.00. The summed E-state index contributed by atoms with van der Waals surface area (Å²) in [6.07, 6.45) is 5.02. The van der Waals surface area contributed by atoms with Crippen molar-refractivity contribution in [3.63, 3.8) is 0 Å². The molecule has 0 atom stereocenters. The van der Waals surface area contributed by atoms with Gasteiger partial charge in [0.05, 0.1) is 18.4 Å². The average molecular weight is 384 g/mol. The lowest BCUT2D eigenvalue weighted by molar-refractivity contribution is -0.115. The third-order valence-corrected chi connectivity index (χ3v) is 4.77. The van der Waals surface area contributed by atoms with Crippen LogP contribution in [-0.4, -0.2) is 25.8 Å². The second-order valence-corrected chi connectivity index (χ2v) is 6.80. The van der Waals surface area contributed by atoms with Gasteiger partial charge in [-0.25, -0.2) is 19.9 Å². The maximum absolute atomic E-state index is 12.2. The van der Waals surface area contributed by atoms with Crippen LogP contribution in [0.4, 0.5) is 16.2 Å². The number of furan rings is 1. The number of carbonyl (C=O) groups is 1. The average Bonchev–Trinajstić information content (AvgIpc) is 3.37. The molecule has 0 saturated heterocycles. The van der Waals surface area contributed by atoms with E-state index in [2.05, 4.69) is 30.6 Å². The maximum Gasteiger partial charge on any atom is 0.232 e. The third kappa shape index (κ3) is 3.92. The highest BCUT2D eigenvalue weighted by Crippen LogP contribution is 2.25. The maximum atomic E-state index is 12.2. The molecule has 4 rings (SSSR count). The van der Waals surface area contributed by atoms with Gasteiger partial charge in [-0.1, -0.05) is 0 Å². The summed E-state index contributed by atoms with van der Waals surface area (Å²) in [5, 5.41) is 10.6. The fourth-order valence-corrected chi connectivity index (χ4v) is 3.52. The van der Waals surface area contributed by atoms with Gasteiger partial charge in [-0.15, -0.1) is 22.7 Å². The van der Waals surface area contributed by atoms with Gasteiger partial charge in [-0.2, -0.15) is 0 Å². The second kappa shape index (κ2) is 7.42. The van der Waals surface area contributed by atoms with Gasteiger partial charge in [0, 0.05) is 23.2 Å². The van der Waals surface area contributed by atoms with Crippen LogP contribution >= 0.6 is 22.7 Å². The Morgan fingerprint density at radius 3 is 2.73 bits per heavy atom. The highest BCUT2D eigenvalue weighted by atomic mass is 32.1. The van der Waals surface area contributed by atoms with Crippen LogP contribution < -0.4 is 10.6 Å². The molecule has 0 saturated carbocycles. The first kappa shape index (κ1) is 16.4. The van der Waals surface area contributed by atoms with Gasteiger partial charge < -0.3 is 15.1 Å². The van der Waals surface area contributed by atoms with E-state index in [1.165, 1.54) is 22.7 Å². The molecule has 0 radical (unpaired) electrons. The summed E-state index contributed by atoms with van der Waals surface area (Å²) >= 11 is 2.73. The normalized spacial score (nSPS) is 10.6. The number of rotatable bonds is 6. The molecular formula is C16H12N6O2S2. The van der Waals surface area contributed by atoms with Gasteiger partial charge >= 0.3 is 0 Å². The Bertz CT molecular complexity index is 997. The number of amides is 1. The Kier molecular flexibility index (Phi) is 4.67. The number of thiazole rings is 2. The van der Waals surface area contributed by atoms with Gasteiger partial charge in [-0.05, 0) is 18.2 Å². The zero-order valence-corrected chi connectivity index (χ0v) is 14.9. The van der Waals surface area contributed by atoms with Crippen molar-refractivity contribution in [3.8, 4) is 11.5 Å². The van der Waals surface area contributed by atoms with E-state index in [1.54, 1.807) is 30.8 Å². The molecule has 10 heteroatoms. The fourth-order valence-electron chi connectivity index (χ4n) is 2.10. The van der Waals surface area contributed by atoms with Crippen molar-refractivity contribution in [2.45, 2.75) is 6.42 Å². The van der Waals surface area contributed by atoms with Crippen LogP contribution in [0.5, 0.6) is 0 Å². The molecule has 2 N–H and O–H groups in total.